The van der Waals surface area contributed by atoms with Crippen molar-refractivity contribution in [1.29, 1.82) is 0 Å². The molecular weight excluding hydrogens is 206 g/mol. The van der Waals surface area contributed by atoms with Crippen LogP contribution in [-0.2, 0) is 7.05 Å². The van der Waals surface area contributed by atoms with Gasteiger partial charge in [-0.05, 0) is 13.0 Å². The molecule has 1 aromatic heterocycles. The lowest BCUT2D eigenvalue weighted by Crippen LogP contribution is -2.00. The van der Waals surface area contributed by atoms with Crippen LogP contribution in [0.3, 0.4) is 0 Å². The summed E-state index contributed by atoms with van der Waals surface area (Å²) in [6, 6.07) is 7.52. The van der Waals surface area contributed by atoms with Crippen molar-refractivity contribution in [2.75, 3.05) is 0 Å². The molecule has 0 unspecified atom stereocenters. The Hall–Kier alpha value is -2.17. The number of aryl methyl sites for hydroxylation is 2. The van der Waals surface area contributed by atoms with Gasteiger partial charge in [-0.25, -0.2) is 4.79 Å². The van der Waals surface area contributed by atoms with Gasteiger partial charge < -0.3 is 5.11 Å². The number of benzene rings is 1. The van der Waals surface area contributed by atoms with Crippen molar-refractivity contribution >= 4 is 5.97 Å². The van der Waals surface area contributed by atoms with Gasteiger partial charge in [0.15, 0.2) is 5.69 Å². The molecule has 16 heavy (non-hydrogen) atoms. The van der Waals surface area contributed by atoms with Crippen LogP contribution in [-0.4, -0.2) is 26.1 Å². The Balaban J connectivity index is 2.59. The summed E-state index contributed by atoms with van der Waals surface area (Å²) < 4.78 is 0. The third-order valence-corrected chi connectivity index (χ3v) is 2.21. The van der Waals surface area contributed by atoms with Gasteiger partial charge >= 0.3 is 5.97 Å². The van der Waals surface area contributed by atoms with E-state index in [0.717, 1.165) is 11.1 Å². The normalized spacial score (nSPS) is 10.4. The molecule has 1 heterocycles. The molecule has 0 atom stereocenters. The van der Waals surface area contributed by atoms with Crippen LogP contribution in [0.15, 0.2) is 24.3 Å². The summed E-state index contributed by atoms with van der Waals surface area (Å²) in [5.41, 5.74) is 2.21. The van der Waals surface area contributed by atoms with E-state index in [1.807, 2.05) is 31.2 Å². The average molecular weight is 217 g/mol. The van der Waals surface area contributed by atoms with E-state index in [1.54, 1.807) is 7.05 Å². The molecule has 2 aromatic rings. The Morgan fingerprint density at radius 3 is 2.75 bits per heavy atom. The van der Waals surface area contributed by atoms with Gasteiger partial charge in [0, 0.05) is 12.6 Å². The van der Waals surface area contributed by atoms with E-state index >= 15 is 0 Å². The van der Waals surface area contributed by atoms with Gasteiger partial charge in [-0.2, -0.15) is 9.90 Å². The van der Waals surface area contributed by atoms with Crippen LogP contribution in [0.25, 0.3) is 11.3 Å². The number of carbonyl (C=O) groups is 1. The van der Waals surface area contributed by atoms with E-state index in [2.05, 4.69) is 10.2 Å². The summed E-state index contributed by atoms with van der Waals surface area (Å²) in [5, 5.41) is 16.9. The van der Waals surface area contributed by atoms with E-state index in [0.29, 0.717) is 5.69 Å². The smallest absolute Gasteiger partial charge is 0.358 e. The van der Waals surface area contributed by atoms with Crippen LogP contribution < -0.4 is 0 Å². The number of aromatic carboxylic acids is 1. The molecule has 5 nitrogen and oxygen atoms in total. The highest BCUT2D eigenvalue weighted by molar-refractivity contribution is 5.92. The van der Waals surface area contributed by atoms with Gasteiger partial charge in [0.2, 0.25) is 0 Å². The van der Waals surface area contributed by atoms with Gasteiger partial charge in [0.05, 0.1) is 0 Å². The minimum atomic E-state index is -1.07. The first kappa shape index (κ1) is 10.4. The van der Waals surface area contributed by atoms with Crippen molar-refractivity contribution in [2.45, 2.75) is 6.92 Å². The fourth-order valence-corrected chi connectivity index (χ4v) is 1.54. The maximum absolute atomic E-state index is 11.0. The summed E-state index contributed by atoms with van der Waals surface area (Å²) in [6.45, 7) is 1.94. The highest BCUT2D eigenvalue weighted by Crippen LogP contribution is 2.20. The first-order valence-corrected chi connectivity index (χ1v) is 4.79. The molecule has 82 valence electrons. The number of carboxylic acid groups (broad SMARTS) is 1. The number of nitrogens with zero attached hydrogens (tertiary/aromatic N) is 3. The molecule has 2 rings (SSSR count). The van der Waals surface area contributed by atoms with Crippen LogP contribution in [0.1, 0.15) is 16.1 Å². The van der Waals surface area contributed by atoms with Crippen LogP contribution in [0.4, 0.5) is 0 Å². The quantitative estimate of drug-likeness (QED) is 0.827. The molecule has 0 aliphatic heterocycles. The average Bonchev–Trinajstić information content (AvgIpc) is 2.60. The van der Waals surface area contributed by atoms with Crippen molar-refractivity contribution in [3.8, 4) is 11.3 Å². The van der Waals surface area contributed by atoms with Gasteiger partial charge in [0.1, 0.15) is 5.69 Å². The highest BCUT2D eigenvalue weighted by Gasteiger charge is 2.17. The fourth-order valence-electron chi connectivity index (χ4n) is 1.54. The maximum Gasteiger partial charge on any atom is 0.358 e. The minimum absolute atomic E-state index is 0.0203. The molecule has 0 aliphatic carbocycles. The van der Waals surface area contributed by atoms with Gasteiger partial charge in [0.25, 0.3) is 0 Å². The second-order valence-electron chi connectivity index (χ2n) is 3.56. The molecule has 1 N–H and O–H groups in total. The molecule has 0 saturated carbocycles. The zero-order chi connectivity index (χ0) is 11.7. The summed E-state index contributed by atoms with van der Waals surface area (Å²) in [4.78, 5) is 12.2. The lowest BCUT2D eigenvalue weighted by atomic mass is 10.1. The van der Waals surface area contributed by atoms with E-state index < -0.39 is 5.97 Å². The van der Waals surface area contributed by atoms with Crippen LogP contribution in [0.2, 0.25) is 0 Å². The second-order valence-corrected chi connectivity index (χ2v) is 3.56. The number of carboxylic acids is 1. The standard InChI is InChI=1S/C11H11N3O2/c1-7-4-3-5-8(6-7)9-10(11(15)16)13-14(2)12-9/h3-6H,1-2H3,(H,15,16). The van der Waals surface area contributed by atoms with E-state index in [9.17, 15) is 4.79 Å². The van der Waals surface area contributed by atoms with Crippen LogP contribution >= 0.6 is 0 Å². The number of hydrogen-bond donors (Lipinski definition) is 1. The number of hydrogen-bond acceptors (Lipinski definition) is 3. The molecule has 0 bridgehead atoms. The van der Waals surface area contributed by atoms with E-state index in [-0.39, 0.29) is 5.69 Å². The summed E-state index contributed by atoms with van der Waals surface area (Å²) in [5.74, 6) is -1.07. The zero-order valence-electron chi connectivity index (χ0n) is 9.01. The highest BCUT2D eigenvalue weighted by atomic mass is 16.4. The molecular formula is C11H11N3O2. The molecule has 0 saturated heterocycles. The predicted molar refractivity (Wildman–Crippen MR) is 58.1 cm³/mol. The Morgan fingerprint density at radius 1 is 1.38 bits per heavy atom. The number of aromatic nitrogens is 3. The first-order chi connectivity index (χ1) is 7.58. The van der Waals surface area contributed by atoms with Gasteiger partial charge in [-0.3, -0.25) is 0 Å². The molecule has 0 spiro atoms. The Labute approximate surface area is 92.3 Å². The van der Waals surface area contributed by atoms with Crippen molar-refractivity contribution in [3.63, 3.8) is 0 Å². The third-order valence-electron chi connectivity index (χ3n) is 2.21. The van der Waals surface area contributed by atoms with Gasteiger partial charge in [-0.1, -0.05) is 23.8 Å². The number of rotatable bonds is 2. The topological polar surface area (TPSA) is 68.0 Å². The minimum Gasteiger partial charge on any atom is -0.476 e. The second kappa shape index (κ2) is 3.77. The molecule has 0 fully saturated rings. The Kier molecular flexibility index (Phi) is 2.44. The lowest BCUT2D eigenvalue weighted by Gasteiger charge is -1.98. The van der Waals surface area contributed by atoms with Crippen molar-refractivity contribution in [1.82, 2.24) is 15.0 Å². The van der Waals surface area contributed by atoms with E-state index in [1.165, 1.54) is 4.80 Å². The molecule has 1 aromatic carbocycles. The van der Waals surface area contributed by atoms with Gasteiger partial charge in [-0.15, -0.1) is 5.10 Å². The Morgan fingerprint density at radius 2 is 2.12 bits per heavy atom. The first-order valence-electron chi connectivity index (χ1n) is 4.79. The lowest BCUT2D eigenvalue weighted by molar-refractivity contribution is 0.0690. The SMILES string of the molecule is Cc1cccc(-c2nn(C)nc2C(=O)O)c1. The van der Waals surface area contributed by atoms with Crippen molar-refractivity contribution in [3.05, 3.63) is 35.5 Å². The van der Waals surface area contributed by atoms with Crippen molar-refractivity contribution < 1.29 is 9.90 Å². The van der Waals surface area contributed by atoms with Crippen LogP contribution in [0, 0.1) is 6.92 Å². The molecule has 0 amide bonds. The summed E-state index contributed by atoms with van der Waals surface area (Å²) >= 11 is 0. The summed E-state index contributed by atoms with van der Waals surface area (Å²) in [6.07, 6.45) is 0. The molecule has 0 aliphatic rings. The van der Waals surface area contributed by atoms with Crippen LogP contribution in [0.5, 0.6) is 0 Å². The molecule has 0 radical (unpaired) electrons. The monoisotopic (exact) mass is 217 g/mol. The van der Waals surface area contributed by atoms with E-state index in [4.69, 9.17) is 5.11 Å². The fraction of sp³-hybridized carbons (Fsp3) is 0.182. The zero-order valence-corrected chi connectivity index (χ0v) is 9.01. The predicted octanol–water partition coefficient (Wildman–Crippen LogP) is 1.49. The Bertz CT molecular complexity index is 546. The molecule has 5 heteroatoms. The third kappa shape index (κ3) is 1.79. The summed E-state index contributed by atoms with van der Waals surface area (Å²) in [7, 11) is 1.60. The largest absolute Gasteiger partial charge is 0.476 e. The maximum atomic E-state index is 11.0. The van der Waals surface area contributed by atoms with Crippen molar-refractivity contribution in [2.24, 2.45) is 7.05 Å².